The van der Waals surface area contributed by atoms with E-state index < -0.39 is 0 Å². The molecule has 1 amide bonds. The Hall–Kier alpha value is -3.42. The second-order valence-corrected chi connectivity index (χ2v) is 6.36. The Labute approximate surface area is 157 Å². The molecule has 0 saturated carbocycles. The average Bonchev–Trinajstić information content (AvgIpc) is 3.17. The number of fused-ring (bicyclic) bond motifs is 1. The van der Waals surface area contributed by atoms with Crippen molar-refractivity contribution in [2.24, 2.45) is 0 Å². The van der Waals surface area contributed by atoms with E-state index in [-0.39, 0.29) is 5.91 Å². The van der Waals surface area contributed by atoms with Crippen LogP contribution >= 0.6 is 0 Å². The van der Waals surface area contributed by atoms with E-state index in [0.29, 0.717) is 18.8 Å². The predicted molar refractivity (Wildman–Crippen MR) is 101 cm³/mol. The number of nitrogens with zero attached hydrogens (tertiary/aromatic N) is 6. The molecule has 3 heterocycles. The number of pyridine rings is 1. The molecule has 4 rings (SSSR count). The van der Waals surface area contributed by atoms with Gasteiger partial charge in [-0.05, 0) is 24.3 Å². The molecule has 0 radical (unpaired) electrons. The zero-order valence-corrected chi connectivity index (χ0v) is 15.2. The van der Waals surface area contributed by atoms with Gasteiger partial charge >= 0.3 is 0 Å². The summed E-state index contributed by atoms with van der Waals surface area (Å²) in [5.41, 5.74) is 2.97. The summed E-state index contributed by atoms with van der Waals surface area (Å²) >= 11 is 0. The first kappa shape index (κ1) is 17.0. The highest BCUT2D eigenvalue weighted by molar-refractivity contribution is 6.07. The van der Waals surface area contributed by atoms with Crippen LogP contribution in [-0.4, -0.2) is 53.1 Å². The summed E-state index contributed by atoms with van der Waals surface area (Å²) in [5, 5.41) is 8.14. The summed E-state index contributed by atoms with van der Waals surface area (Å²) in [7, 11) is 3.64. The minimum absolute atomic E-state index is 0.165. The third kappa shape index (κ3) is 3.33. The number of hydrogen-bond acceptors (Lipinski definition) is 6. The number of carbonyl (C=O) groups excluding carboxylic acids is 1. The molecule has 3 aromatic rings. The van der Waals surface area contributed by atoms with Gasteiger partial charge in [-0.1, -0.05) is 11.3 Å². The van der Waals surface area contributed by atoms with Gasteiger partial charge in [0, 0.05) is 32.4 Å². The molecule has 1 aliphatic heterocycles. The number of benzene rings is 1. The number of anilines is 2. The Balaban J connectivity index is 1.58. The van der Waals surface area contributed by atoms with Gasteiger partial charge in [0.05, 0.1) is 36.9 Å². The van der Waals surface area contributed by atoms with E-state index in [4.69, 9.17) is 4.74 Å². The van der Waals surface area contributed by atoms with Crippen LogP contribution in [0, 0.1) is 0 Å². The predicted octanol–water partition coefficient (Wildman–Crippen LogP) is 1.83. The quantitative estimate of drug-likeness (QED) is 0.703. The zero-order chi connectivity index (χ0) is 18.8. The number of ether oxygens (including phenoxy) is 1. The summed E-state index contributed by atoms with van der Waals surface area (Å²) in [5.74, 6) is 0.595. The number of likely N-dealkylation sites (N-methyl/N-ethyl adjacent to an activating group) is 1. The van der Waals surface area contributed by atoms with Gasteiger partial charge in [0.1, 0.15) is 5.75 Å². The van der Waals surface area contributed by atoms with Crippen LogP contribution in [0.3, 0.4) is 0 Å². The maximum absolute atomic E-state index is 13.0. The highest BCUT2D eigenvalue weighted by Crippen LogP contribution is 2.35. The summed E-state index contributed by atoms with van der Waals surface area (Å²) in [4.78, 5) is 21.2. The molecule has 27 heavy (non-hydrogen) atoms. The number of aromatic nitrogens is 4. The van der Waals surface area contributed by atoms with Crippen molar-refractivity contribution in [2.75, 3.05) is 37.0 Å². The summed E-state index contributed by atoms with van der Waals surface area (Å²) in [6.45, 7) is 1.79. The molecule has 0 N–H and O–H groups in total. The fourth-order valence-electron chi connectivity index (χ4n) is 3.14. The Morgan fingerprint density at radius 3 is 2.85 bits per heavy atom. The third-order valence-electron chi connectivity index (χ3n) is 4.60. The SMILES string of the molecule is COc1ccc2c(c1)N(C)CCN2C(=O)c1cn(Cc2ccccn2)nn1. The van der Waals surface area contributed by atoms with Gasteiger partial charge in [-0.2, -0.15) is 0 Å². The van der Waals surface area contributed by atoms with Gasteiger partial charge in [-0.15, -0.1) is 5.10 Å². The largest absolute Gasteiger partial charge is 0.497 e. The highest BCUT2D eigenvalue weighted by Gasteiger charge is 2.28. The number of amides is 1. The molecule has 2 aromatic heterocycles. The standard InChI is InChI=1S/C19H20N6O2/c1-23-9-10-25(17-7-6-15(27-2)11-18(17)23)19(26)16-13-24(22-21-16)12-14-5-3-4-8-20-14/h3-8,11,13H,9-10,12H2,1-2H3. The zero-order valence-electron chi connectivity index (χ0n) is 15.2. The van der Waals surface area contributed by atoms with Gasteiger partial charge in [0.2, 0.25) is 0 Å². The number of methoxy groups -OCH3 is 1. The summed E-state index contributed by atoms with van der Waals surface area (Å²) in [6, 6.07) is 11.4. The van der Waals surface area contributed by atoms with Crippen molar-refractivity contribution in [3.05, 3.63) is 60.2 Å². The van der Waals surface area contributed by atoms with E-state index in [2.05, 4.69) is 20.2 Å². The van der Waals surface area contributed by atoms with Gasteiger partial charge in [-0.25, -0.2) is 4.68 Å². The Morgan fingerprint density at radius 1 is 1.19 bits per heavy atom. The molecular weight excluding hydrogens is 344 g/mol. The van der Waals surface area contributed by atoms with E-state index in [1.807, 2.05) is 43.4 Å². The van der Waals surface area contributed by atoms with Gasteiger partial charge in [0.25, 0.3) is 5.91 Å². The molecule has 0 aliphatic carbocycles. The molecule has 138 valence electrons. The summed E-state index contributed by atoms with van der Waals surface area (Å²) < 4.78 is 6.93. The topological polar surface area (TPSA) is 76.4 Å². The first-order valence-corrected chi connectivity index (χ1v) is 8.67. The molecule has 1 aliphatic rings. The Bertz CT molecular complexity index is 956. The lowest BCUT2D eigenvalue weighted by Crippen LogP contribution is -2.42. The first-order valence-electron chi connectivity index (χ1n) is 8.67. The number of carbonyl (C=O) groups is 1. The minimum Gasteiger partial charge on any atom is -0.497 e. The van der Waals surface area contributed by atoms with E-state index in [0.717, 1.165) is 29.4 Å². The smallest absolute Gasteiger partial charge is 0.280 e. The molecule has 0 atom stereocenters. The number of rotatable bonds is 4. The minimum atomic E-state index is -0.165. The van der Waals surface area contributed by atoms with Crippen molar-refractivity contribution in [1.82, 2.24) is 20.0 Å². The van der Waals surface area contributed by atoms with Crippen molar-refractivity contribution < 1.29 is 9.53 Å². The van der Waals surface area contributed by atoms with E-state index in [9.17, 15) is 4.79 Å². The van der Waals surface area contributed by atoms with Gasteiger partial charge in [-0.3, -0.25) is 9.78 Å². The van der Waals surface area contributed by atoms with Crippen LogP contribution in [0.15, 0.2) is 48.8 Å². The van der Waals surface area contributed by atoms with E-state index in [1.54, 1.807) is 29.1 Å². The summed E-state index contributed by atoms with van der Waals surface area (Å²) in [6.07, 6.45) is 3.40. The van der Waals surface area contributed by atoms with Crippen molar-refractivity contribution in [3.63, 3.8) is 0 Å². The molecule has 0 bridgehead atoms. The molecule has 0 saturated heterocycles. The van der Waals surface area contributed by atoms with Crippen LogP contribution in [0.25, 0.3) is 0 Å². The van der Waals surface area contributed by atoms with Crippen molar-refractivity contribution >= 4 is 17.3 Å². The molecular formula is C19H20N6O2. The molecule has 0 spiro atoms. The van der Waals surface area contributed by atoms with Gasteiger partial charge < -0.3 is 14.5 Å². The van der Waals surface area contributed by atoms with Crippen molar-refractivity contribution in [3.8, 4) is 5.75 Å². The van der Waals surface area contributed by atoms with Crippen molar-refractivity contribution in [1.29, 1.82) is 0 Å². The molecule has 8 nitrogen and oxygen atoms in total. The fraction of sp³-hybridized carbons (Fsp3) is 0.263. The van der Waals surface area contributed by atoms with E-state index in [1.165, 1.54) is 0 Å². The Morgan fingerprint density at radius 2 is 2.07 bits per heavy atom. The van der Waals surface area contributed by atoms with Crippen LogP contribution in [0.5, 0.6) is 5.75 Å². The Kier molecular flexibility index (Phi) is 4.45. The van der Waals surface area contributed by atoms with Crippen LogP contribution < -0.4 is 14.5 Å². The molecule has 0 unspecified atom stereocenters. The lowest BCUT2D eigenvalue weighted by molar-refractivity contribution is 0.0982. The lowest BCUT2D eigenvalue weighted by Gasteiger charge is -2.35. The van der Waals surface area contributed by atoms with Crippen LogP contribution in [0.2, 0.25) is 0 Å². The molecule has 0 fully saturated rings. The van der Waals surface area contributed by atoms with Crippen LogP contribution in [0.4, 0.5) is 11.4 Å². The van der Waals surface area contributed by atoms with Crippen LogP contribution in [0.1, 0.15) is 16.2 Å². The monoisotopic (exact) mass is 364 g/mol. The normalized spacial score (nSPS) is 13.4. The first-order chi connectivity index (χ1) is 13.2. The average molecular weight is 364 g/mol. The van der Waals surface area contributed by atoms with Crippen LogP contribution in [-0.2, 0) is 6.54 Å². The van der Waals surface area contributed by atoms with Gasteiger partial charge in [0.15, 0.2) is 5.69 Å². The molecule has 8 heteroatoms. The van der Waals surface area contributed by atoms with Crippen molar-refractivity contribution in [2.45, 2.75) is 6.54 Å². The highest BCUT2D eigenvalue weighted by atomic mass is 16.5. The maximum Gasteiger partial charge on any atom is 0.280 e. The molecule has 1 aromatic carbocycles. The lowest BCUT2D eigenvalue weighted by atomic mass is 10.1. The fourth-order valence-corrected chi connectivity index (χ4v) is 3.14. The maximum atomic E-state index is 13.0. The third-order valence-corrected chi connectivity index (χ3v) is 4.60. The van der Waals surface area contributed by atoms with E-state index >= 15 is 0 Å². The second kappa shape index (κ2) is 7.06. The second-order valence-electron chi connectivity index (χ2n) is 6.36. The number of hydrogen-bond donors (Lipinski definition) is 0.